The molecule has 1 aromatic rings. The molecule has 1 rings (SSSR count). The zero-order chi connectivity index (χ0) is 13.1. The van der Waals surface area contributed by atoms with Gasteiger partial charge in [0.15, 0.2) is 0 Å². The van der Waals surface area contributed by atoms with Gasteiger partial charge in [0.2, 0.25) is 0 Å². The molecular formula is C11H16N2O4. The van der Waals surface area contributed by atoms with Crippen LogP contribution in [0.3, 0.4) is 0 Å². The van der Waals surface area contributed by atoms with Gasteiger partial charge in [0.25, 0.3) is 5.69 Å². The number of non-ortho nitro benzene ring substituents is 1. The highest BCUT2D eigenvalue weighted by atomic mass is 16.6. The maximum atomic E-state index is 10.7. The normalized spacial score (nSPS) is 11.1. The van der Waals surface area contributed by atoms with Crippen LogP contribution in [0.1, 0.15) is 13.8 Å². The highest BCUT2D eigenvalue weighted by molar-refractivity contribution is 5.56. The molecule has 1 aromatic carbocycles. The van der Waals surface area contributed by atoms with Crippen LogP contribution in [-0.4, -0.2) is 29.3 Å². The van der Waals surface area contributed by atoms with Gasteiger partial charge in [-0.2, -0.15) is 0 Å². The third kappa shape index (κ3) is 4.28. The van der Waals surface area contributed by atoms with E-state index in [1.165, 1.54) is 19.2 Å². The number of aliphatic hydroxyl groups is 1. The minimum absolute atomic E-state index is 0.0532. The summed E-state index contributed by atoms with van der Waals surface area (Å²) in [6.45, 7) is 3.58. The van der Waals surface area contributed by atoms with E-state index < -0.39 is 10.5 Å². The lowest BCUT2D eigenvalue weighted by atomic mass is 10.1. The summed E-state index contributed by atoms with van der Waals surface area (Å²) >= 11 is 0. The molecule has 0 aliphatic rings. The Morgan fingerprint density at radius 2 is 2.12 bits per heavy atom. The average molecular weight is 240 g/mol. The van der Waals surface area contributed by atoms with E-state index in [9.17, 15) is 15.2 Å². The van der Waals surface area contributed by atoms with Gasteiger partial charge in [-0.05, 0) is 13.8 Å². The monoisotopic (exact) mass is 240 g/mol. The summed E-state index contributed by atoms with van der Waals surface area (Å²) in [4.78, 5) is 10.2. The number of methoxy groups -OCH3 is 1. The maximum Gasteiger partial charge on any atom is 0.275 e. The predicted octanol–water partition coefficient (Wildman–Crippen LogP) is 1.79. The largest absolute Gasteiger partial charge is 0.496 e. The Kier molecular flexibility index (Phi) is 3.90. The molecule has 2 N–H and O–H groups in total. The summed E-state index contributed by atoms with van der Waals surface area (Å²) in [5.41, 5.74) is -0.404. The van der Waals surface area contributed by atoms with Gasteiger partial charge in [0.05, 0.1) is 23.7 Å². The zero-order valence-electron chi connectivity index (χ0n) is 10.1. The molecule has 0 radical (unpaired) electrons. The van der Waals surface area contributed by atoms with E-state index in [1.54, 1.807) is 19.9 Å². The van der Waals surface area contributed by atoms with Crippen LogP contribution >= 0.6 is 0 Å². The van der Waals surface area contributed by atoms with Crippen LogP contribution in [0.5, 0.6) is 5.75 Å². The van der Waals surface area contributed by atoms with Crippen molar-refractivity contribution in [2.45, 2.75) is 19.4 Å². The summed E-state index contributed by atoms with van der Waals surface area (Å²) in [6, 6.07) is 4.38. The molecule has 94 valence electrons. The number of hydrogen-bond acceptors (Lipinski definition) is 5. The quantitative estimate of drug-likeness (QED) is 0.605. The molecule has 0 bridgehead atoms. The molecule has 0 unspecified atom stereocenters. The molecule has 0 amide bonds. The molecule has 0 spiro atoms. The van der Waals surface area contributed by atoms with Crippen molar-refractivity contribution < 1.29 is 14.8 Å². The number of benzene rings is 1. The van der Waals surface area contributed by atoms with Crippen molar-refractivity contribution in [2.24, 2.45) is 0 Å². The molecule has 0 saturated carbocycles. The standard InChI is InChI=1S/C11H16N2O4/c1-11(2,14)7-12-8-4-9(13(15)16)6-10(5-8)17-3/h4-6,12,14H,7H2,1-3H3. The van der Waals surface area contributed by atoms with E-state index in [-0.39, 0.29) is 12.2 Å². The summed E-state index contributed by atoms with van der Waals surface area (Å²) < 4.78 is 4.97. The van der Waals surface area contributed by atoms with Crippen molar-refractivity contribution in [3.8, 4) is 5.75 Å². The Bertz CT molecular complexity index is 412. The molecule has 0 aliphatic carbocycles. The van der Waals surface area contributed by atoms with Crippen molar-refractivity contribution in [2.75, 3.05) is 19.0 Å². The van der Waals surface area contributed by atoms with Crippen LogP contribution in [-0.2, 0) is 0 Å². The van der Waals surface area contributed by atoms with E-state index in [0.29, 0.717) is 11.4 Å². The number of nitrogens with one attached hydrogen (secondary N) is 1. The number of nitro groups is 1. The van der Waals surface area contributed by atoms with Crippen molar-refractivity contribution >= 4 is 11.4 Å². The Morgan fingerprint density at radius 1 is 1.47 bits per heavy atom. The van der Waals surface area contributed by atoms with Crippen LogP contribution in [0.15, 0.2) is 18.2 Å². The van der Waals surface area contributed by atoms with E-state index in [4.69, 9.17) is 4.74 Å². The third-order valence-electron chi connectivity index (χ3n) is 2.06. The van der Waals surface area contributed by atoms with Crippen LogP contribution in [0.2, 0.25) is 0 Å². The van der Waals surface area contributed by atoms with Crippen molar-refractivity contribution in [3.05, 3.63) is 28.3 Å². The van der Waals surface area contributed by atoms with Crippen LogP contribution in [0, 0.1) is 10.1 Å². The first kappa shape index (κ1) is 13.2. The minimum atomic E-state index is -0.891. The first-order valence-electron chi connectivity index (χ1n) is 5.11. The van der Waals surface area contributed by atoms with E-state index in [0.717, 1.165) is 0 Å². The van der Waals surface area contributed by atoms with Gasteiger partial charge in [-0.3, -0.25) is 10.1 Å². The molecule has 0 aromatic heterocycles. The fraction of sp³-hybridized carbons (Fsp3) is 0.455. The van der Waals surface area contributed by atoms with Gasteiger partial charge in [-0.25, -0.2) is 0 Å². The molecule has 17 heavy (non-hydrogen) atoms. The Morgan fingerprint density at radius 3 is 2.59 bits per heavy atom. The molecule has 6 heteroatoms. The lowest BCUT2D eigenvalue weighted by Crippen LogP contribution is -2.29. The number of rotatable bonds is 5. The van der Waals surface area contributed by atoms with E-state index >= 15 is 0 Å². The lowest BCUT2D eigenvalue weighted by molar-refractivity contribution is -0.384. The first-order valence-corrected chi connectivity index (χ1v) is 5.11. The molecule has 0 saturated heterocycles. The van der Waals surface area contributed by atoms with Crippen molar-refractivity contribution in [3.63, 3.8) is 0 Å². The van der Waals surface area contributed by atoms with Crippen LogP contribution < -0.4 is 10.1 Å². The smallest absolute Gasteiger partial charge is 0.275 e. The summed E-state index contributed by atoms with van der Waals surface area (Å²) in [7, 11) is 1.44. The minimum Gasteiger partial charge on any atom is -0.496 e. The van der Waals surface area contributed by atoms with Gasteiger partial charge < -0.3 is 15.2 Å². The maximum absolute atomic E-state index is 10.7. The van der Waals surface area contributed by atoms with Gasteiger partial charge >= 0.3 is 0 Å². The number of anilines is 1. The highest BCUT2D eigenvalue weighted by Gasteiger charge is 2.14. The Hall–Kier alpha value is -1.82. The first-order chi connectivity index (χ1) is 7.81. The van der Waals surface area contributed by atoms with Crippen molar-refractivity contribution in [1.29, 1.82) is 0 Å². The van der Waals surface area contributed by atoms with Gasteiger partial charge in [0, 0.05) is 24.4 Å². The van der Waals surface area contributed by atoms with Gasteiger partial charge in [0.1, 0.15) is 5.75 Å². The van der Waals surface area contributed by atoms with Gasteiger partial charge in [-0.15, -0.1) is 0 Å². The Balaban J connectivity index is 2.91. The Labute approximate surface area is 99.4 Å². The van der Waals surface area contributed by atoms with E-state index in [2.05, 4.69) is 5.32 Å². The molecule has 0 heterocycles. The summed E-state index contributed by atoms with van der Waals surface area (Å²) in [5, 5.41) is 23.2. The molecular weight excluding hydrogens is 224 g/mol. The second-order valence-electron chi connectivity index (χ2n) is 4.34. The predicted molar refractivity (Wildman–Crippen MR) is 64.4 cm³/mol. The third-order valence-corrected chi connectivity index (χ3v) is 2.06. The molecule has 0 aliphatic heterocycles. The zero-order valence-corrected chi connectivity index (χ0v) is 10.1. The molecule has 0 atom stereocenters. The fourth-order valence-electron chi connectivity index (χ4n) is 1.23. The SMILES string of the molecule is COc1cc(NCC(C)(C)O)cc([N+](=O)[O-])c1. The number of nitro benzene ring substituents is 1. The summed E-state index contributed by atoms with van der Waals surface area (Å²) in [6.07, 6.45) is 0. The van der Waals surface area contributed by atoms with Crippen LogP contribution in [0.4, 0.5) is 11.4 Å². The van der Waals surface area contributed by atoms with Crippen LogP contribution in [0.25, 0.3) is 0 Å². The van der Waals surface area contributed by atoms with Gasteiger partial charge in [-0.1, -0.05) is 0 Å². The highest BCUT2D eigenvalue weighted by Crippen LogP contribution is 2.25. The summed E-state index contributed by atoms with van der Waals surface area (Å²) in [5.74, 6) is 0.400. The topological polar surface area (TPSA) is 84.6 Å². The molecule has 0 fully saturated rings. The lowest BCUT2D eigenvalue weighted by Gasteiger charge is -2.18. The number of ether oxygens (including phenoxy) is 1. The fourth-order valence-corrected chi connectivity index (χ4v) is 1.23. The number of hydrogen-bond donors (Lipinski definition) is 2. The second kappa shape index (κ2) is 5.01. The number of nitrogens with zero attached hydrogens (tertiary/aromatic N) is 1. The average Bonchev–Trinajstić information content (AvgIpc) is 2.25. The molecule has 6 nitrogen and oxygen atoms in total. The second-order valence-corrected chi connectivity index (χ2v) is 4.34. The van der Waals surface area contributed by atoms with E-state index in [1.807, 2.05) is 0 Å². The van der Waals surface area contributed by atoms with Crippen molar-refractivity contribution in [1.82, 2.24) is 0 Å².